The SMILES string of the molecule is C/C(=C\c1ccccc1)[C@@H]1C[C@H]1NC1CCN(CCC(=O)O)CC1.Cl.Cl. The maximum absolute atomic E-state index is 10.6. The van der Waals surface area contributed by atoms with E-state index >= 15 is 0 Å². The predicted molar refractivity (Wildman–Crippen MR) is 111 cm³/mol. The number of nitrogens with zero attached hydrogens (tertiary/aromatic N) is 1. The molecule has 146 valence electrons. The van der Waals surface area contributed by atoms with E-state index in [2.05, 4.69) is 53.5 Å². The summed E-state index contributed by atoms with van der Waals surface area (Å²) in [5, 5.41) is 12.6. The monoisotopic (exact) mass is 400 g/mol. The van der Waals surface area contributed by atoms with Crippen molar-refractivity contribution in [2.45, 2.75) is 44.7 Å². The lowest BCUT2D eigenvalue weighted by molar-refractivity contribution is -0.137. The minimum atomic E-state index is -0.697. The molecule has 4 nitrogen and oxygen atoms in total. The Balaban J connectivity index is 0.00000169. The largest absolute Gasteiger partial charge is 0.481 e. The molecule has 0 aromatic heterocycles. The van der Waals surface area contributed by atoms with Crippen LogP contribution >= 0.6 is 24.8 Å². The van der Waals surface area contributed by atoms with Crippen LogP contribution in [0.15, 0.2) is 35.9 Å². The lowest BCUT2D eigenvalue weighted by Gasteiger charge is -2.32. The first kappa shape index (κ1) is 23.0. The van der Waals surface area contributed by atoms with Crippen LogP contribution in [0.5, 0.6) is 0 Å². The van der Waals surface area contributed by atoms with Gasteiger partial charge in [-0.3, -0.25) is 4.79 Å². The van der Waals surface area contributed by atoms with E-state index < -0.39 is 5.97 Å². The van der Waals surface area contributed by atoms with Gasteiger partial charge in [0.05, 0.1) is 6.42 Å². The van der Waals surface area contributed by atoms with E-state index in [0.717, 1.165) is 25.9 Å². The Morgan fingerprint density at radius 2 is 1.88 bits per heavy atom. The summed E-state index contributed by atoms with van der Waals surface area (Å²) < 4.78 is 0. The summed E-state index contributed by atoms with van der Waals surface area (Å²) in [4.78, 5) is 12.9. The molecule has 2 fully saturated rings. The summed E-state index contributed by atoms with van der Waals surface area (Å²) in [6.07, 6.45) is 6.07. The van der Waals surface area contributed by atoms with Gasteiger partial charge in [-0.2, -0.15) is 0 Å². The number of nitrogens with one attached hydrogen (secondary N) is 1. The molecule has 3 rings (SSSR count). The van der Waals surface area contributed by atoms with Crippen molar-refractivity contribution < 1.29 is 9.90 Å². The number of hydrogen-bond donors (Lipinski definition) is 2. The quantitative estimate of drug-likeness (QED) is 0.729. The van der Waals surface area contributed by atoms with E-state index in [1.54, 1.807) is 0 Å². The standard InChI is InChI=1S/C20H28N2O2.2ClH/c1-15(13-16-5-3-2-4-6-16)18-14-19(18)21-17-7-10-22(11-8-17)12-9-20(23)24;;/h2-6,13,17-19,21H,7-12,14H2,1H3,(H,23,24);2*1H/b15-13+;;/t18-,19+;;/m0../s1. The minimum absolute atomic E-state index is 0. The number of aliphatic carboxylic acids is 1. The van der Waals surface area contributed by atoms with Crippen LogP contribution in [-0.2, 0) is 4.79 Å². The Labute approximate surface area is 168 Å². The van der Waals surface area contributed by atoms with E-state index in [1.165, 1.54) is 17.6 Å². The number of piperidine rings is 1. The molecule has 1 saturated heterocycles. The average Bonchev–Trinajstić information content (AvgIpc) is 3.34. The van der Waals surface area contributed by atoms with Gasteiger partial charge in [-0.15, -0.1) is 24.8 Å². The molecule has 26 heavy (non-hydrogen) atoms. The van der Waals surface area contributed by atoms with Crippen LogP contribution in [0, 0.1) is 5.92 Å². The molecular weight excluding hydrogens is 371 g/mol. The lowest BCUT2D eigenvalue weighted by Crippen LogP contribution is -2.44. The first-order valence-corrected chi connectivity index (χ1v) is 9.05. The zero-order valence-electron chi connectivity index (χ0n) is 15.3. The number of carbonyl (C=O) groups is 1. The zero-order chi connectivity index (χ0) is 16.9. The first-order valence-electron chi connectivity index (χ1n) is 9.05. The van der Waals surface area contributed by atoms with Crippen molar-refractivity contribution in [3.63, 3.8) is 0 Å². The first-order chi connectivity index (χ1) is 11.6. The van der Waals surface area contributed by atoms with Gasteiger partial charge in [-0.1, -0.05) is 42.0 Å². The molecule has 1 aromatic carbocycles. The smallest absolute Gasteiger partial charge is 0.304 e. The fourth-order valence-corrected chi connectivity index (χ4v) is 3.68. The van der Waals surface area contributed by atoms with Gasteiger partial charge in [0.2, 0.25) is 0 Å². The average molecular weight is 401 g/mol. The second kappa shape index (κ2) is 10.9. The van der Waals surface area contributed by atoms with E-state index in [1.807, 2.05) is 0 Å². The van der Waals surface area contributed by atoms with Gasteiger partial charge in [0, 0.05) is 18.6 Å². The number of halogens is 2. The van der Waals surface area contributed by atoms with Gasteiger partial charge in [-0.25, -0.2) is 0 Å². The van der Waals surface area contributed by atoms with Crippen molar-refractivity contribution in [3.05, 3.63) is 41.5 Å². The van der Waals surface area contributed by atoms with Crippen LogP contribution in [0.1, 0.15) is 38.2 Å². The topological polar surface area (TPSA) is 52.6 Å². The Hall–Kier alpha value is -1.07. The van der Waals surface area contributed by atoms with Crippen molar-refractivity contribution in [1.29, 1.82) is 0 Å². The fraction of sp³-hybridized carbons (Fsp3) is 0.550. The molecule has 0 unspecified atom stereocenters. The van der Waals surface area contributed by atoms with Gasteiger partial charge in [-0.05, 0) is 50.8 Å². The lowest BCUT2D eigenvalue weighted by atomic mass is 10.0. The third-order valence-electron chi connectivity index (χ3n) is 5.25. The van der Waals surface area contributed by atoms with Gasteiger partial charge in [0.1, 0.15) is 0 Å². The van der Waals surface area contributed by atoms with E-state index in [9.17, 15) is 4.79 Å². The number of rotatable bonds is 7. The van der Waals surface area contributed by atoms with Crippen molar-refractivity contribution in [1.82, 2.24) is 10.2 Å². The summed E-state index contributed by atoms with van der Waals surface area (Å²) in [5.41, 5.74) is 2.75. The highest BCUT2D eigenvalue weighted by Crippen LogP contribution is 2.38. The van der Waals surface area contributed by atoms with Crippen LogP contribution in [-0.4, -0.2) is 47.7 Å². The number of hydrogen-bond acceptors (Lipinski definition) is 3. The predicted octanol–water partition coefficient (Wildman–Crippen LogP) is 3.85. The summed E-state index contributed by atoms with van der Waals surface area (Å²) >= 11 is 0. The van der Waals surface area contributed by atoms with Crippen LogP contribution in [0.4, 0.5) is 0 Å². The molecule has 0 spiro atoms. The summed E-state index contributed by atoms with van der Waals surface area (Å²) in [7, 11) is 0. The number of carboxylic acids is 1. The highest BCUT2D eigenvalue weighted by atomic mass is 35.5. The summed E-state index contributed by atoms with van der Waals surface area (Å²) in [6.45, 7) is 4.96. The van der Waals surface area contributed by atoms with Crippen molar-refractivity contribution in [2.24, 2.45) is 5.92 Å². The molecule has 1 aromatic rings. The summed E-state index contributed by atoms with van der Waals surface area (Å²) in [5.74, 6) is -0.0213. The Morgan fingerprint density at radius 1 is 1.23 bits per heavy atom. The molecule has 0 amide bonds. The van der Waals surface area contributed by atoms with Gasteiger partial charge < -0.3 is 15.3 Å². The second-order valence-corrected chi connectivity index (χ2v) is 7.17. The third kappa shape index (κ3) is 6.92. The highest BCUT2D eigenvalue weighted by molar-refractivity contribution is 5.85. The van der Waals surface area contributed by atoms with Gasteiger partial charge in [0.25, 0.3) is 0 Å². The Kier molecular flexibility index (Phi) is 9.66. The van der Waals surface area contributed by atoms with Crippen LogP contribution in [0.25, 0.3) is 6.08 Å². The molecule has 2 atom stereocenters. The molecule has 0 bridgehead atoms. The molecule has 0 radical (unpaired) electrons. The number of likely N-dealkylation sites (tertiary alicyclic amines) is 1. The molecule has 1 heterocycles. The van der Waals surface area contributed by atoms with Crippen LogP contribution < -0.4 is 5.32 Å². The second-order valence-electron chi connectivity index (χ2n) is 7.17. The van der Waals surface area contributed by atoms with Gasteiger partial charge in [0.15, 0.2) is 0 Å². The highest BCUT2D eigenvalue weighted by Gasteiger charge is 2.39. The zero-order valence-corrected chi connectivity index (χ0v) is 16.9. The van der Waals surface area contributed by atoms with Crippen molar-refractivity contribution in [2.75, 3.05) is 19.6 Å². The van der Waals surface area contributed by atoms with Crippen LogP contribution in [0.2, 0.25) is 0 Å². The third-order valence-corrected chi connectivity index (χ3v) is 5.25. The van der Waals surface area contributed by atoms with E-state index in [4.69, 9.17) is 5.11 Å². The molecule has 1 aliphatic heterocycles. The van der Waals surface area contributed by atoms with Gasteiger partial charge >= 0.3 is 5.97 Å². The minimum Gasteiger partial charge on any atom is -0.481 e. The van der Waals surface area contributed by atoms with E-state index in [0.29, 0.717) is 24.5 Å². The molecule has 1 aliphatic carbocycles. The van der Waals surface area contributed by atoms with E-state index in [-0.39, 0.29) is 31.2 Å². The Bertz CT molecular complexity index is 587. The summed E-state index contributed by atoms with van der Waals surface area (Å²) in [6, 6.07) is 11.7. The van der Waals surface area contributed by atoms with Crippen molar-refractivity contribution >= 4 is 36.9 Å². The van der Waals surface area contributed by atoms with Crippen molar-refractivity contribution in [3.8, 4) is 0 Å². The molecular formula is C20H30Cl2N2O2. The normalized spacial score (nSPS) is 23.7. The molecule has 2 aliphatic rings. The number of carboxylic acid groups (broad SMARTS) is 1. The molecule has 1 saturated carbocycles. The maximum atomic E-state index is 10.6. The van der Waals surface area contributed by atoms with Crippen LogP contribution in [0.3, 0.4) is 0 Å². The maximum Gasteiger partial charge on any atom is 0.304 e. The fourth-order valence-electron chi connectivity index (χ4n) is 3.68. The molecule has 6 heteroatoms. The molecule has 2 N–H and O–H groups in total. The Morgan fingerprint density at radius 3 is 2.50 bits per heavy atom. The number of benzene rings is 1.